The summed E-state index contributed by atoms with van der Waals surface area (Å²) in [4.78, 5) is 14.4. The minimum absolute atomic E-state index is 0.0476. The number of sulfonamides is 1. The maximum atomic E-state index is 12.7. The number of fused-ring (bicyclic) bond motifs is 1. The van der Waals surface area contributed by atoms with Crippen LogP contribution in [0.2, 0.25) is 0 Å². The van der Waals surface area contributed by atoms with Gasteiger partial charge in [0.1, 0.15) is 0 Å². The van der Waals surface area contributed by atoms with Crippen molar-refractivity contribution in [2.24, 2.45) is 5.14 Å². The molecule has 140 valence electrons. The summed E-state index contributed by atoms with van der Waals surface area (Å²) in [5.41, 5.74) is 1.99. The van der Waals surface area contributed by atoms with Crippen LogP contribution in [0.5, 0.6) is 0 Å². The third-order valence-electron chi connectivity index (χ3n) is 4.28. The maximum Gasteiger partial charge on any atom is 0.238 e. The topological polar surface area (TPSA) is 92.5 Å². The molecule has 3 aromatic carbocycles. The van der Waals surface area contributed by atoms with Gasteiger partial charge in [0.25, 0.3) is 0 Å². The van der Waals surface area contributed by atoms with E-state index in [9.17, 15) is 13.2 Å². The zero-order valence-electron chi connectivity index (χ0n) is 15.1. The number of rotatable bonds is 5. The van der Waals surface area contributed by atoms with E-state index < -0.39 is 10.0 Å². The third kappa shape index (κ3) is 4.27. The van der Waals surface area contributed by atoms with Crippen molar-refractivity contribution in [1.82, 2.24) is 0 Å². The van der Waals surface area contributed by atoms with Crippen molar-refractivity contribution in [1.29, 1.82) is 0 Å². The molecule has 0 fully saturated rings. The van der Waals surface area contributed by atoms with Crippen molar-refractivity contribution >= 4 is 38.1 Å². The van der Waals surface area contributed by atoms with E-state index in [4.69, 9.17) is 5.14 Å². The monoisotopic (exact) mass is 383 g/mol. The summed E-state index contributed by atoms with van der Waals surface area (Å²) in [5, 5.41) is 10.1. The van der Waals surface area contributed by atoms with Gasteiger partial charge in [-0.05, 0) is 34.5 Å². The highest BCUT2D eigenvalue weighted by Gasteiger charge is 2.15. The lowest BCUT2D eigenvalue weighted by Gasteiger charge is -2.19. The second kappa shape index (κ2) is 7.38. The van der Waals surface area contributed by atoms with Crippen LogP contribution in [-0.4, -0.2) is 28.4 Å². The Bertz CT molecular complexity index is 1100. The Morgan fingerprint density at radius 1 is 1.04 bits per heavy atom. The van der Waals surface area contributed by atoms with Crippen LogP contribution >= 0.6 is 0 Å². The molecule has 0 aliphatic rings. The zero-order chi connectivity index (χ0) is 19.6. The molecule has 0 bridgehead atoms. The number of nitrogens with one attached hydrogen (secondary N) is 1. The van der Waals surface area contributed by atoms with E-state index in [1.165, 1.54) is 12.1 Å². The van der Waals surface area contributed by atoms with Crippen molar-refractivity contribution in [3.05, 3.63) is 66.2 Å². The molecular weight excluding hydrogens is 362 g/mol. The molecule has 27 heavy (non-hydrogen) atoms. The SMILES string of the molecule is CN(C)c1ccc(S(N)(=O)=O)cc1NC(=O)Cc1cccc2ccccc12. The number of anilines is 2. The van der Waals surface area contributed by atoms with Gasteiger partial charge in [0.05, 0.1) is 22.7 Å². The first-order valence-electron chi connectivity index (χ1n) is 8.36. The van der Waals surface area contributed by atoms with Crippen molar-refractivity contribution in [2.75, 3.05) is 24.3 Å². The molecule has 0 aliphatic heterocycles. The van der Waals surface area contributed by atoms with Crippen LogP contribution in [0, 0.1) is 0 Å². The van der Waals surface area contributed by atoms with Crippen LogP contribution in [0.25, 0.3) is 10.8 Å². The van der Waals surface area contributed by atoms with Gasteiger partial charge in [-0.15, -0.1) is 0 Å². The van der Waals surface area contributed by atoms with Gasteiger partial charge in [0.15, 0.2) is 0 Å². The van der Waals surface area contributed by atoms with Crippen LogP contribution in [0.4, 0.5) is 11.4 Å². The number of nitrogens with zero attached hydrogens (tertiary/aromatic N) is 1. The molecule has 3 N–H and O–H groups in total. The molecule has 3 rings (SSSR count). The molecule has 0 unspecified atom stereocenters. The molecule has 6 nitrogen and oxygen atoms in total. The van der Waals surface area contributed by atoms with E-state index in [0.717, 1.165) is 16.3 Å². The van der Waals surface area contributed by atoms with Crippen LogP contribution in [0.3, 0.4) is 0 Å². The second-order valence-corrected chi connectivity index (χ2v) is 8.04. The van der Waals surface area contributed by atoms with Crippen molar-refractivity contribution in [2.45, 2.75) is 11.3 Å². The highest BCUT2D eigenvalue weighted by molar-refractivity contribution is 7.89. The number of carbonyl (C=O) groups is 1. The number of hydrogen-bond acceptors (Lipinski definition) is 4. The van der Waals surface area contributed by atoms with E-state index in [0.29, 0.717) is 11.4 Å². The minimum atomic E-state index is -3.86. The molecule has 0 heterocycles. The lowest BCUT2D eigenvalue weighted by atomic mass is 10.0. The summed E-state index contributed by atoms with van der Waals surface area (Å²) in [6, 6.07) is 18.1. The minimum Gasteiger partial charge on any atom is -0.376 e. The van der Waals surface area contributed by atoms with Gasteiger partial charge in [-0.2, -0.15) is 0 Å². The molecule has 0 atom stereocenters. The Kier molecular flexibility index (Phi) is 5.16. The van der Waals surface area contributed by atoms with Crippen LogP contribution in [0.1, 0.15) is 5.56 Å². The predicted molar refractivity (Wildman–Crippen MR) is 108 cm³/mol. The van der Waals surface area contributed by atoms with Crippen molar-refractivity contribution in [3.63, 3.8) is 0 Å². The average Bonchev–Trinajstić information content (AvgIpc) is 2.61. The Balaban J connectivity index is 1.91. The first-order valence-corrected chi connectivity index (χ1v) is 9.91. The summed E-state index contributed by atoms with van der Waals surface area (Å²) in [7, 11) is -0.237. The highest BCUT2D eigenvalue weighted by Crippen LogP contribution is 2.28. The molecule has 0 saturated heterocycles. The van der Waals surface area contributed by atoms with E-state index in [2.05, 4.69) is 5.32 Å². The van der Waals surface area contributed by atoms with Gasteiger partial charge >= 0.3 is 0 Å². The number of benzene rings is 3. The molecule has 3 aromatic rings. The van der Waals surface area contributed by atoms with Gasteiger partial charge in [0, 0.05) is 14.1 Å². The normalized spacial score (nSPS) is 11.4. The fourth-order valence-electron chi connectivity index (χ4n) is 3.00. The van der Waals surface area contributed by atoms with E-state index in [1.807, 2.05) is 56.6 Å². The molecule has 0 aliphatic carbocycles. The number of primary sulfonamides is 1. The van der Waals surface area contributed by atoms with Gasteiger partial charge in [-0.3, -0.25) is 4.79 Å². The zero-order valence-corrected chi connectivity index (χ0v) is 16.0. The number of hydrogen-bond donors (Lipinski definition) is 2. The summed E-state index contributed by atoms with van der Waals surface area (Å²) in [5.74, 6) is -0.235. The van der Waals surface area contributed by atoms with Crippen LogP contribution in [0.15, 0.2) is 65.6 Å². The summed E-state index contributed by atoms with van der Waals surface area (Å²) in [6.45, 7) is 0. The second-order valence-electron chi connectivity index (χ2n) is 6.48. The largest absolute Gasteiger partial charge is 0.376 e. The summed E-state index contributed by atoms with van der Waals surface area (Å²) in [6.07, 6.45) is 0.174. The third-order valence-corrected chi connectivity index (χ3v) is 5.19. The number of carbonyl (C=O) groups excluding carboxylic acids is 1. The number of amides is 1. The van der Waals surface area contributed by atoms with Gasteiger partial charge < -0.3 is 10.2 Å². The smallest absolute Gasteiger partial charge is 0.238 e. The first-order chi connectivity index (χ1) is 12.8. The first kappa shape index (κ1) is 18.9. The molecule has 0 aromatic heterocycles. The van der Waals surface area contributed by atoms with E-state index in [1.54, 1.807) is 11.0 Å². The lowest BCUT2D eigenvalue weighted by molar-refractivity contribution is -0.115. The Hall–Kier alpha value is -2.90. The Labute approximate surface area is 158 Å². The van der Waals surface area contributed by atoms with Gasteiger partial charge in [0.2, 0.25) is 15.9 Å². The molecule has 0 saturated carbocycles. The predicted octanol–water partition coefficient (Wildman–Crippen LogP) is 2.73. The van der Waals surface area contributed by atoms with Crippen molar-refractivity contribution < 1.29 is 13.2 Å². The highest BCUT2D eigenvalue weighted by atomic mass is 32.2. The standard InChI is InChI=1S/C20H21N3O3S/c1-23(2)19-11-10-16(27(21,25)26)13-18(19)22-20(24)12-15-8-5-7-14-6-3-4-9-17(14)15/h3-11,13H,12H2,1-2H3,(H,22,24)(H2,21,25,26). The molecule has 0 spiro atoms. The number of nitrogens with two attached hydrogens (primary N) is 1. The molecular formula is C20H21N3O3S. The van der Waals surface area contributed by atoms with Crippen molar-refractivity contribution in [3.8, 4) is 0 Å². The quantitative estimate of drug-likeness (QED) is 0.708. The average molecular weight is 383 g/mol. The lowest BCUT2D eigenvalue weighted by Crippen LogP contribution is -2.19. The van der Waals surface area contributed by atoms with E-state index >= 15 is 0 Å². The van der Waals surface area contributed by atoms with Crippen LogP contribution in [-0.2, 0) is 21.2 Å². The van der Waals surface area contributed by atoms with Crippen LogP contribution < -0.4 is 15.4 Å². The van der Waals surface area contributed by atoms with E-state index in [-0.39, 0.29) is 17.2 Å². The summed E-state index contributed by atoms with van der Waals surface area (Å²) < 4.78 is 23.3. The fraction of sp³-hybridized carbons (Fsp3) is 0.150. The van der Waals surface area contributed by atoms with Gasteiger partial charge in [-0.1, -0.05) is 42.5 Å². The maximum absolute atomic E-state index is 12.7. The fourth-order valence-corrected chi connectivity index (χ4v) is 3.54. The Morgan fingerprint density at radius 2 is 1.74 bits per heavy atom. The molecule has 0 radical (unpaired) electrons. The Morgan fingerprint density at radius 3 is 2.44 bits per heavy atom. The molecule has 1 amide bonds. The van der Waals surface area contributed by atoms with Gasteiger partial charge in [-0.25, -0.2) is 13.6 Å². The molecule has 7 heteroatoms. The summed E-state index contributed by atoms with van der Waals surface area (Å²) >= 11 is 0.